The molecule has 5 nitrogen and oxygen atoms in total. The van der Waals surface area contributed by atoms with Gasteiger partial charge in [-0.2, -0.15) is 0 Å². The highest BCUT2D eigenvalue weighted by atomic mass is 16.4. The molecule has 0 radical (unpaired) electrons. The molecule has 0 bridgehead atoms. The molecule has 3 rings (SSSR count). The van der Waals surface area contributed by atoms with E-state index in [-0.39, 0.29) is 18.4 Å². The molecule has 0 aliphatic carbocycles. The highest BCUT2D eigenvalue weighted by molar-refractivity contribution is 5.77. The van der Waals surface area contributed by atoms with Gasteiger partial charge in [-0.3, -0.25) is 9.36 Å². The van der Waals surface area contributed by atoms with Crippen molar-refractivity contribution < 1.29 is 9.21 Å². The molecule has 25 heavy (non-hydrogen) atoms. The Hall–Kier alpha value is -2.82. The Morgan fingerprint density at radius 2 is 1.84 bits per heavy atom. The zero-order valence-electron chi connectivity index (χ0n) is 14.3. The number of aryl methyl sites for hydroxylation is 2. The largest absolute Gasteiger partial charge is 0.419 e. The van der Waals surface area contributed by atoms with E-state index in [1.54, 1.807) is 6.07 Å². The molecule has 1 N–H and O–H groups in total. The lowest BCUT2D eigenvalue weighted by atomic mass is 10.1. The Bertz CT molecular complexity index is 896. The van der Waals surface area contributed by atoms with Crippen LogP contribution in [-0.2, 0) is 17.8 Å². The molecule has 0 aliphatic rings. The summed E-state index contributed by atoms with van der Waals surface area (Å²) in [4.78, 5) is 24.0. The minimum atomic E-state index is -0.425. The number of nitrogens with zero attached hydrogens (tertiary/aromatic N) is 1. The van der Waals surface area contributed by atoms with Crippen molar-refractivity contribution >= 4 is 17.0 Å². The molecule has 1 aromatic heterocycles. The topological polar surface area (TPSA) is 64.2 Å². The van der Waals surface area contributed by atoms with Gasteiger partial charge < -0.3 is 9.73 Å². The second-order valence-corrected chi connectivity index (χ2v) is 6.23. The van der Waals surface area contributed by atoms with Gasteiger partial charge in [-0.25, -0.2) is 4.79 Å². The molecule has 0 aliphatic heterocycles. The van der Waals surface area contributed by atoms with Crippen LogP contribution in [0.1, 0.15) is 25.3 Å². The van der Waals surface area contributed by atoms with Crippen LogP contribution in [0, 0.1) is 0 Å². The van der Waals surface area contributed by atoms with E-state index in [9.17, 15) is 9.59 Å². The van der Waals surface area contributed by atoms with Crippen molar-refractivity contribution in [3.63, 3.8) is 0 Å². The van der Waals surface area contributed by atoms with Gasteiger partial charge in [-0.15, -0.1) is 0 Å². The predicted octanol–water partition coefficient (Wildman–Crippen LogP) is 3.12. The lowest BCUT2D eigenvalue weighted by molar-refractivity contribution is -0.121. The van der Waals surface area contributed by atoms with Gasteiger partial charge in [0.2, 0.25) is 5.91 Å². The Morgan fingerprint density at radius 3 is 2.64 bits per heavy atom. The van der Waals surface area contributed by atoms with E-state index in [0.29, 0.717) is 12.1 Å². The standard InChI is InChI=1S/C20H22N2O3/c1-15(11-12-16-7-3-2-4-8-16)21-19(23)13-14-22-17-9-5-6-10-18(17)25-20(22)24/h2-10,15H,11-14H2,1H3,(H,21,23)/t15-/m0/s1. The number of carbonyl (C=O) groups is 1. The number of hydrogen-bond acceptors (Lipinski definition) is 3. The van der Waals surface area contributed by atoms with Crippen LogP contribution in [0.3, 0.4) is 0 Å². The fourth-order valence-electron chi connectivity index (χ4n) is 2.89. The SMILES string of the molecule is C[C@@H](CCc1ccccc1)NC(=O)CCn1c(=O)oc2ccccc21. The average molecular weight is 338 g/mol. The van der Waals surface area contributed by atoms with Crippen LogP contribution in [0.2, 0.25) is 0 Å². The quantitative estimate of drug-likeness (QED) is 0.720. The first kappa shape index (κ1) is 17.0. The number of aromatic nitrogens is 1. The van der Waals surface area contributed by atoms with Gasteiger partial charge >= 0.3 is 5.76 Å². The lowest BCUT2D eigenvalue weighted by Gasteiger charge is -2.14. The maximum absolute atomic E-state index is 12.2. The Labute approximate surface area is 146 Å². The number of benzene rings is 2. The number of carbonyl (C=O) groups excluding carboxylic acids is 1. The van der Waals surface area contributed by atoms with Gasteiger partial charge in [0, 0.05) is 19.0 Å². The van der Waals surface area contributed by atoms with Crippen molar-refractivity contribution in [2.45, 2.75) is 38.8 Å². The van der Waals surface area contributed by atoms with Crippen LogP contribution in [0.4, 0.5) is 0 Å². The number of fused-ring (bicyclic) bond motifs is 1. The minimum Gasteiger partial charge on any atom is -0.408 e. The number of nitrogens with one attached hydrogen (secondary N) is 1. The molecule has 1 amide bonds. The smallest absolute Gasteiger partial charge is 0.408 e. The van der Waals surface area contributed by atoms with E-state index in [0.717, 1.165) is 18.4 Å². The number of para-hydroxylation sites is 2. The monoisotopic (exact) mass is 338 g/mol. The zero-order chi connectivity index (χ0) is 17.6. The predicted molar refractivity (Wildman–Crippen MR) is 97.5 cm³/mol. The molecule has 130 valence electrons. The van der Waals surface area contributed by atoms with Crippen LogP contribution in [-0.4, -0.2) is 16.5 Å². The molecular weight excluding hydrogens is 316 g/mol. The highest BCUT2D eigenvalue weighted by Gasteiger charge is 2.12. The molecule has 0 unspecified atom stereocenters. The number of hydrogen-bond donors (Lipinski definition) is 1. The van der Waals surface area contributed by atoms with Crippen molar-refractivity contribution in [3.8, 4) is 0 Å². The first-order valence-electron chi connectivity index (χ1n) is 8.55. The molecule has 0 saturated carbocycles. The first-order chi connectivity index (χ1) is 12.1. The zero-order valence-corrected chi connectivity index (χ0v) is 14.3. The molecule has 1 atom stereocenters. The maximum Gasteiger partial charge on any atom is 0.419 e. The second-order valence-electron chi connectivity index (χ2n) is 6.23. The van der Waals surface area contributed by atoms with E-state index < -0.39 is 5.76 Å². The molecular formula is C20H22N2O3. The van der Waals surface area contributed by atoms with Crippen LogP contribution in [0.25, 0.3) is 11.1 Å². The highest BCUT2D eigenvalue weighted by Crippen LogP contribution is 2.12. The van der Waals surface area contributed by atoms with Crippen molar-refractivity contribution in [3.05, 3.63) is 70.7 Å². The van der Waals surface area contributed by atoms with Crippen molar-refractivity contribution in [1.82, 2.24) is 9.88 Å². The maximum atomic E-state index is 12.2. The Morgan fingerprint density at radius 1 is 1.12 bits per heavy atom. The summed E-state index contributed by atoms with van der Waals surface area (Å²) in [6.07, 6.45) is 2.05. The second kappa shape index (κ2) is 7.83. The summed E-state index contributed by atoms with van der Waals surface area (Å²) < 4.78 is 6.68. The van der Waals surface area contributed by atoms with E-state index in [1.807, 2.05) is 43.3 Å². The fraction of sp³-hybridized carbons (Fsp3) is 0.300. The summed E-state index contributed by atoms with van der Waals surface area (Å²) >= 11 is 0. The summed E-state index contributed by atoms with van der Waals surface area (Å²) in [6, 6.07) is 17.5. The van der Waals surface area contributed by atoms with Crippen molar-refractivity contribution in [1.29, 1.82) is 0 Å². The third-order valence-corrected chi connectivity index (χ3v) is 4.25. The van der Waals surface area contributed by atoms with Crippen molar-refractivity contribution in [2.24, 2.45) is 0 Å². The minimum absolute atomic E-state index is 0.0576. The van der Waals surface area contributed by atoms with Crippen LogP contribution in [0.5, 0.6) is 0 Å². The normalized spacial score (nSPS) is 12.2. The number of amides is 1. The lowest BCUT2D eigenvalue weighted by Crippen LogP contribution is -2.34. The van der Waals surface area contributed by atoms with Crippen LogP contribution < -0.4 is 11.1 Å². The average Bonchev–Trinajstić information content (AvgIpc) is 2.94. The number of rotatable bonds is 7. The molecule has 3 aromatic rings. The van der Waals surface area contributed by atoms with Gasteiger partial charge in [-0.1, -0.05) is 42.5 Å². The van der Waals surface area contributed by atoms with Gasteiger partial charge in [-0.05, 0) is 37.5 Å². The van der Waals surface area contributed by atoms with Gasteiger partial charge in [0.15, 0.2) is 5.58 Å². The summed E-state index contributed by atoms with van der Waals surface area (Å²) in [6.45, 7) is 2.31. The summed E-state index contributed by atoms with van der Waals surface area (Å²) in [5.74, 6) is -0.483. The fourth-order valence-corrected chi connectivity index (χ4v) is 2.89. The van der Waals surface area contributed by atoms with E-state index >= 15 is 0 Å². The molecule has 0 saturated heterocycles. The third-order valence-electron chi connectivity index (χ3n) is 4.25. The summed E-state index contributed by atoms with van der Waals surface area (Å²) in [5, 5.41) is 3.00. The van der Waals surface area contributed by atoms with E-state index in [2.05, 4.69) is 17.4 Å². The summed E-state index contributed by atoms with van der Waals surface area (Å²) in [7, 11) is 0. The first-order valence-corrected chi connectivity index (χ1v) is 8.55. The molecule has 1 heterocycles. The van der Waals surface area contributed by atoms with Gasteiger partial charge in [0.05, 0.1) is 5.52 Å². The molecule has 2 aromatic carbocycles. The molecule has 0 fully saturated rings. The molecule has 0 spiro atoms. The van der Waals surface area contributed by atoms with Gasteiger partial charge in [0.1, 0.15) is 0 Å². The Balaban J connectivity index is 1.50. The van der Waals surface area contributed by atoms with Crippen LogP contribution >= 0.6 is 0 Å². The third kappa shape index (κ3) is 4.38. The van der Waals surface area contributed by atoms with Crippen LogP contribution in [0.15, 0.2) is 63.8 Å². The Kier molecular flexibility index (Phi) is 5.33. The van der Waals surface area contributed by atoms with E-state index in [4.69, 9.17) is 4.42 Å². The van der Waals surface area contributed by atoms with Gasteiger partial charge in [0.25, 0.3) is 0 Å². The molecule has 5 heteroatoms. The summed E-state index contributed by atoms with van der Waals surface area (Å²) in [5.41, 5.74) is 2.53. The van der Waals surface area contributed by atoms with Crippen molar-refractivity contribution in [2.75, 3.05) is 0 Å². The number of oxazole rings is 1. The van der Waals surface area contributed by atoms with E-state index in [1.165, 1.54) is 10.1 Å².